The second kappa shape index (κ2) is 19.2. The SMILES string of the molecule is C=Nc1c(N2C=CC=CC2)c(-c2ccc(N(c3ccccc3)c3ccc(-c4ccccc4)cc3)cc2)c2ccccc2c1-c1ccc(N(C2=CCCC=C2)c2ccc(C3=CC=CCC3)cc2)cc1. The topological polar surface area (TPSA) is 22.1 Å². The maximum absolute atomic E-state index is 4.94. The van der Waals surface area contributed by atoms with Crippen LogP contribution in [0.15, 0.2) is 254 Å². The maximum Gasteiger partial charge on any atom is 0.0950 e. The minimum absolute atomic E-state index is 0.714. The van der Waals surface area contributed by atoms with Crippen LogP contribution in [0.1, 0.15) is 31.2 Å². The first-order valence-corrected chi connectivity index (χ1v) is 23.7. The van der Waals surface area contributed by atoms with Crippen LogP contribution in [0.3, 0.4) is 0 Å². The van der Waals surface area contributed by atoms with Crippen LogP contribution in [-0.2, 0) is 0 Å². The van der Waals surface area contributed by atoms with Gasteiger partial charge in [0.25, 0.3) is 0 Å². The van der Waals surface area contributed by atoms with Crippen molar-refractivity contribution in [2.24, 2.45) is 4.99 Å². The minimum Gasteiger partial charge on any atom is -0.342 e. The Morgan fingerprint density at radius 2 is 0.985 bits per heavy atom. The maximum atomic E-state index is 4.94. The van der Waals surface area contributed by atoms with Crippen molar-refractivity contribution in [3.8, 4) is 33.4 Å². The first-order chi connectivity index (χ1) is 33.7. The van der Waals surface area contributed by atoms with Crippen LogP contribution in [0, 0.1) is 0 Å². The molecule has 8 aromatic rings. The fraction of sp³-hybridized carbons (Fsp3) is 0.0781. The molecule has 11 rings (SSSR count). The van der Waals surface area contributed by atoms with Gasteiger partial charge in [-0.05, 0) is 149 Å². The van der Waals surface area contributed by atoms with Crippen molar-refractivity contribution in [1.29, 1.82) is 0 Å². The Bertz CT molecular complexity index is 3280. The summed E-state index contributed by atoms with van der Waals surface area (Å²) in [6.45, 7) is 4.99. The van der Waals surface area contributed by atoms with E-state index in [-0.39, 0.29) is 0 Å². The van der Waals surface area contributed by atoms with Gasteiger partial charge in [-0.1, -0.05) is 164 Å². The van der Waals surface area contributed by atoms with Crippen LogP contribution in [-0.4, -0.2) is 13.3 Å². The Morgan fingerprint density at radius 3 is 1.56 bits per heavy atom. The zero-order chi connectivity index (χ0) is 45.7. The standard InChI is InChI=1S/C64H52N4/c1-65-63-61(51-33-41-57(42-34-51)67(53-23-11-4-12-24-53)55-37-29-49(30-38-55)47-19-7-2-8-20-47)59-27-15-16-28-60(59)62(64(63)66-45-17-6-18-46-66)52-35-43-58(44-36-52)68(54-25-13-5-14-26-54)56-39-31-50(32-40-56)48-21-9-3-10-22-48/h2-3,5-7,9-11,13-19,21-45H,1,4,8,12,20,46H2. The molecule has 0 fully saturated rings. The first kappa shape index (κ1) is 42.2. The van der Waals surface area contributed by atoms with Crippen molar-refractivity contribution >= 4 is 62.9 Å². The second-order valence-corrected chi connectivity index (χ2v) is 17.4. The average Bonchev–Trinajstić information content (AvgIpc) is 3.42. The molecule has 0 spiro atoms. The van der Waals surface area contributed by atoms with E-state index in [0.717, 1.165) is 98.5 Å². The number of hydrogen-bond acceptors (Lipinski definition) is 4. The summed E-state index contributed by atoms with van der Waals surface area (Å²) in [5.74, 6) is 0. The molecule has 4 nitrogen and oxygen atoms in total. The van der Waals surface area contributed by atoms with E-state index in [4.69, 9.17) is 4.99 Å². The molecule has 0 saturated heterocycles. The van der Waals surface area contributed by atoms with Crippen molar-refractivity contribution in [1.82, 2.24) is 0 Å². The molecule has 0 atom stereocenters. The highest BCUT2D eigenvalue weighted by molar-refractivity contribution is 6.16. The Kier molecular flexibility index (Phi) is 11.9. The summed E-state index contributed by atoms with van der Waals surface area (Å²) in [6, 6.07) is 65.9. The molecule has 0 N–H and O–H groups in total. The van der Waals surface area contributed by atoms with Crippen molar-refractivity contribution in [3.05, 3.63) is 254 Å². The van der Waals surface area contributed by atoms with Gasteiger partial charge in [0.2, 0.25) is 0 Å². The van der Waals surface area contributed by atoms with Gasteiger partial charge < -0.3 is 14.7 Å². The van der Waals surface area contributed by atoms with Gasteiger partial charge in [0, 0.05) is 58.0 Å². The van der Waals surface area contributed by atoms with E-state index < -0.39 is 0 Å². The highest BCUT2D eigenvalue weighted by Crippen LogP contribution is 2.52. The van der Waals surface area contributed by atoms with E-state index in [9.17, 15) is 0 Å². The Hall–Kier alpha value is -8.47. The van der Waals surface area contributed by atoms with Crippen LogP contribution in [0.4, 0.5) is 39.8 Å². The summed E-state index contributed by atoms with van der Waals surface area (Å²) in [4.78, 5) is 12.0. The van der Waals surface area contributed by atoms with Gasteiger partial charge in [0.05, 0.1) is 11.4 Å². The van der Waals surface area contributed by atoms with Crippen LogP contribution in [0.25, 0.3) is 49.7 Å². The lowest BCUT2D eigenvalue weighted by molar-refractivity contribution is 0.997. The molecule has 0 radical (unpaired) electrons. The summed E-state index contributed by atoms with van der Waals surface area (Å²) in [5.41, 5.74) is 18.0. The number of hydrogen-bond donors (Lipinski definition) is 0. The molecular weight excluding hydrogens is 825 g/mol. The van der Waals surface area contributed by atoms with E-state index in [1.807, 2.05) is 0 Å². The molecule has 0 amide bonds. The summed E-state index contributed by atoms with van der Waals surface area (Å²) >= 11 is 0. The smallest absolute Gasteiger partial charge is 0.0950 e. The molecule has 68 heavy (non-hydrogen) atoms. The molecule has 0 unspecified atom stereocenters. The van der Waals surface area contributed by atoms with E-state index in [2.05, 4.69) is 264 Å². The van der Waals surface area contributed by atoms with E-state index in [1.54, 1.807) is 0 Å². The summed E-state index contributed by atoms with van der Waals surface area (Å²) in [7, 11) is 0. The van der Waals surface area contributed by atoms with Gasteiger partial charge in [-0.15, -0.1) is 0 Å². The van der Waals surface area contributed by atoms with Gasteiger partial charge >= 0.3 is 0 Å². The van der Waals surface area contributed by atoms with E-state index in [1.165, 1.54) is 28.0 Å². The number of nitrogens with zero attached hydrogens (tertiary/aromatic N) is 4. The third-order valence-electron chi connectivity index (χ3n) is 13.2. The van der Waals surface area contributed by atoms with Crippen molar-refractivity contribution in [3.63, 3.8) is 0 Å². The van der Waals surface area contributed by atoms with Crippen LogP contribution < -0.4 is 14.7 Å². The fourth-order valence-corrected chi connectivity index (χ4v) is 9.95. The lowest BCUT2D eigenvalue weighted by Crippen LogP contribution is -2.19. The molecule has 0 bridgehead atoms. The van der Waals surface area contributed by atoms with Gasteiger partial charge in [0.1, 0.15) is 0 Å². The van der Waals surface area contributed by atoms with Crippen LogP contribution >= 0.6 is 0 Å². The Labute approximate surface area is 400 Å². The normalized spacial score (nSPS) is 14.1. The lowest BCUT2D eigenvalue weighted by atomic mass is 9.88. The third kappa shape index (κ3) is 8.33. The predicted octanol–water partition coefficient (Wildman–Crippen LogP) is 17.6. The number of anilines is 6. The second-order valence-electron chi connectivity index (χ2n) is 17.4. The van der Waals surface area contributed by atoms with Gasteiger partial charge in [-0.3, -0.25) is 4.99 Å². The van der Waals surface area contributed by atoms with E-state index >= 15 is 0 Å². The molecule has 8 aromatic carbocycles. The minimum atomic E-state index is 0.714. The number of rotatable bonds is 12. The Balaban J connectivity index is 1.00. The Morgan fingerprint density at radius 1 is 0.441 bits per heavy atom. The lowest BCUT2D eigenvalue weighted by Gasteiger charge is -2.30. The summed E-state index contributed by atoms with van der Waals surface area (Å²) in [5, 5.41) is 2.28. The fourth-order valence-electron chi connectivity index (χ4n) is 9.95. The third-order valence-corrected chi connectivity index (χ3v) is 13.2. The van der Waals surface area contributed by atoms with Crippen LogP contribution in [0.2, 0.25) is 0 Å². The molecule has 3 aliphatic rings. The number of fused-ring (bicyclic) bond motifs is 1. The van der Waals surface area contributed by atoms with Gasteiger partial charge in [0.15, 0.2) is 0 Å². The monoisotopic (exact) mass is 876 g/mol. The molecule has 328 valence electrons. The molecule has 1 heterocycles. The highest BCUT2D eigenvalue weighted by Gasteiger charge is 2.26. The van der Waals surface area contributed by atoms with Crippen molar-refractivity contribution in [2.45, 2.75) is 25.7 Å². The molecule has 2 aliphatic carbocycles. The number of allylic oxidation sites excluding steroid dienone is 9. The average molecular weight is 877 g/mol. The molecule has 0 saturated carbocycles. The molecule has 0 aromatic heterocycles. The number of aliphatic imine (C=N–C) groups is 1. The van der Waals surface area contributed by atoms with Gasteiger partial charge in [-0.2, -0.15) is 0 Å². The van der Waals surface area contributed by atoms with Crippen LogP contribution in [0.5, 0.6) is 0 Å². The summed E-state index contributed by atoms with van der Waals surface area (Å²) < 4.78 is 0. The first-order valence-electron chi connectivity index (χ1n) is 23.7. The zero-order valence-electron chi connectivity index (χ0n) is 38.1. The predicted molar refractivity (Wildman–Crippen MR) is 291 cm³/mol. The van der Waals surface area contributed by atoms with Gasteiger partial charge in [-0.25, -0.2) is 0 Å². The molecule has 1 aliphatic heterocycles. The van der Waals surface area contributed by atoms with Crippen molar-refractivity contribution in [2.75, 3.05) is 21.2 Å². The summed E-state index contributed by atoms with van der Waals surface area (Å²) in [6.07, 6.45) is 26.4. The molecule has 4 heteroatoms. The zero-order valence-corrected chi connectivity index (χ0v) is 38.1. The largest absolute Gasteiger partial charge is 0.342 e. The van der Waals surface area contributed by atoms with E-state index in [0.29, 0.717) is 6.54 Å². The quantitative estimate of drug-likeness (QED) is 0.114. The number of para-hydroxylation sites is 1. The number of benzene rings is 8. The highest BCUT2D eigenvalue weighted by atomic mass is 15.2. The molecular formula is C64H52N4. The van der Waals surface area contributed by atoms with Crippen molar-refractivity contribution < 1.29 is 0 Å².